The second-order valence-electron chi connectivity index (χ2n) is 20.7. The van der Waals surface area contributed by atoms with Crippen molar-refractivity contribution in [2.45, 2.75) is 341 Å². The molecule has 9 nitrogen and oxygen atoms in total. The van der Waals surface area contributed by atoms with E-state index in [9.17, 15) is 24.3 Å². The van der Waals surface area contributed by atoms with Gasteiger partial charge in [0.05, 0.1) is 13.2 Å². The zero-order valence-electron chi connectivity index (χ0n) is 46.1. The lowest BCUT2D eigenvalue weighted by Gasteiger charge is -2.27. The Labute approximate surface area is 426 Å². The SMILES string of the molecule is CCCCCCCCCCCCCCCC(=O)OCC(COC(C(=O)CCCCCCCCCCCCCCC)C(CO)OC(=O)CCCCCCCCCCC)OC(=O)CCCCCCCCC. The van der Waals surface area contributed by atoms with E-state index in [0.717, 1.165) is 77.0 Å². The van der Waals surface area contributed by atoms with E-state index >= 15 is 0 Å². The number of ether oxygens (including phenoxy) is 4. The molecule has 9 heteroatoms. The monoisotopic (exact) mass is 979 g/mol. The molecule has 69 heavy (non-hydrogen) atoms. The molecule has 0 rings (SSSR count). The van der Waals surface area contributed by atoms with Gasteiger partial charge in [0.25, 0.3) is 0 Å². The zero-order chi connectivity index (χ0) is 50.5. The average Bonchev–Trinajstić information content (AvgIpc) is 3.34. The van der Waals surface area contributed by atoms with E-state index in [1.54, 1.807) is 0 Å². The molecule has 0 fully saturated rings. The number of carbonyl (C=O) groups is 4. The molecule has 0 heterocycles. The number of ketones is 1. The third-order valence-electron chi connectivity index (χ3n) is 13.8. The smallest absolute Gasteiger partial charge is 0.306 e. The second-order valence-corrected chi connectivity index (χ2v) is 20.7. The van der Waals surface area contributed by atoms with Crippen LogP contribution in [0.3, 0.4) is 0 Å². The van der Waals surface area contributed by atoms with Gasteiger partial charge in [0.15, 0.2) is 24.1 Å². The van der Waals surface area contributed by atoms with Crippen molar-refractivity contribution in [3.63, 3.8) is 0 Å². The summed E-state index contributed by atoms with van der Waals surface area (Å²) >= 11 is 0. The van der Waals surface area contributed by atoms with E-state index in [1.165, 1.54) is 173 Å². The number of rotatable bonds is 56. The molecule has 0 aromatic rings. The van der Waals surface area contributed by atoms with Crippen molar-refractivity contribution in [1.82, 2.24) is 0 Å². The lowest BCUT2D eigenvalue weighted by Crippen LogP contribution is -2.44. The molecule has 0 radical (unpaired) electrons. The highest BCUT2D eigenvalue weighted by atomic mass is 16.6. The van der Waals surface area contributed by atoms with Crippen LogP contribution in [0.5, 0.6) is 0 Å². The van der Waals surface area contributed by atoms with Crippen molar-refractivity contribution in [2.75, 3.05) is 19.8 Å². The minimum Gasteiger partial charge on any atom is -0.462 e. The van der Waals surface area contributed by atoms with Crippen LogP contribution >= 0.6 is 0 Å². The van der Waals surface area contributed by atoms with Gasteiger partial charge in [0.2, 0.25) is 0 Å². The molecule has 0 aliphatic carbocycles. The standard InChI is InChI=1S/C60H114O9/c1-5-9-13-17-21-24-26-28-30-33-36-39-43-47-55(62)60(56(51-61)69-59(65)50-46-42-38-32-23-19-15-11-7-3)67-53-54(68-58(64)49-45-41-35-20-16-12-8-4)52-66-57(63)48-44-40-37-34-31-29-27-25-22-18-14-10-6-2/h54,56,60-61H,5-53H2,1-4H3. The fourth-order valence-corrected chi connectivity index (χ4v) is 9.21. The van der Waals surface area contributed by atoms with Crippen molar-refractivity contribution in [3.05, 3.63) is 0 Å². The molecule has 0 aromatic carbocycles. The number of aliphatic hydroxyl groups is 1. The summed E-state index contributed by atoms with van der Waals surface area (Å²) in [5, 5.41) is 10.5. The highest BCUT2D eigenvalue weighted by molar-refractivity contribution is 5.84. The maximum Gasteiger partial charge on any atom is 0.306 e. The molecule has 0 bridgehead atoms. The number of hydrogen-bond donors (Lipinski definition) is 1. The van der Waals surface area contributed by atoms with Gasteiger partial charge in [0.1, 0.15) is 6.61 Å². The van der Waals surface area contributed by atoms with Crippen LogP contribution in [0.2, 0.25) is 0 Å². The first-order chi connectivity index (χ1) is 33.8. The first kappa shape index (κ1) is 67.0. The van der Waals surface area contributed by atoms with Gasteiger partial charge in [-0.25, -0.2) is 0 Å². The van der Waals surface area contributed by atoms with Gasteiger partial charge >= 0.3 is 17.9 Å². The van der Waals surface area contributed by atoms with Crippen LogP contribution in [0.25, 0.3) is 0 Å². The van der Waals surface area contributed by atoms with Crippen LogP contribution in [-0.4, -0.2) is 66.9 Å². The lowest BCUT2D eigenvalue weighted by atomic mass is 10.0. The summed E-state index contributed by atoms with van der Waals surface area (Å²) in [6.45, 7) is 7.93. The summed E-state index contributed by atoms with van der Waals surface area (Å²) < 4.78 is 23.5. The van der Waals surface area contributed by atoms with Gasteiger partial charge in [-0.3, -0.25) is 19.2 Å². The van der Waals surface area contributed by atoms with Crippen LogP contribution in [0.15, 0.2) is 0 Å². The Morgan fingerprint density at radius 3 is 0.928 bits per heavy atom. The van der Waals surface area contributed by atoms with E-state index in [0.29, 0.717) is 25.7 Å². The fourth-order valence-electron chi connectivity index (χ4n) is 9.21. The highest BCUT2D eigenvalue weighted by Gasteiger charge is 2.33. The summed E-state index contributed by atoms with van der Waals surface area (Å²) in [5.74, 6) is -1.45. The van der Waals surface area contributed by atoms with Gasteiger partial charge in [-0.05, 0) is 25.7 Å². The molecule has 0 saturated heterocycles. The molecule has 1 N–H and O–H groups in total. The summed E-state index contributed by atoms with van der Waals surface area (Å²) in [7, 11) is 0. The Hall–Kier alpha value is -2.00. The van der Waals surface area contributed by atoms with Crippen molar-refractivity contribution < 1.29 is 43.2 Å². The molecule has 0 aliphatic rings. The number of unbranched alkanes of at least 4 members (excludes halogenated alkanes) is 38. The van der Waals surface area contributed by atoms with Crippen LogP contribution in [0, 0.1) is 0 Å². The van der Waals surface area contributed by atoms with Crippen LogP contribution in [0.4, 0.5) is 0 Å². The first-order valence-electron chi connectivity index (χ1n) is 30.1. The van der Waals surface area contributed by atoms with Gasteiger partial charge in [-0.1, -0.05) is 272 Å². The summed E-state index contributed by atoms with van der Waals surface area (Å²) in [6, 6.07) is 0. The predicted molar refractivity (Wildman–Crippen MR) is 288 cm³/mol. The van der Waals surface area contributed by atoms with Gasteiger partial charge in [-0.15, -0.1) is 0 Å². The highest BCUT2D eigenvalue weighted by Crippen LogP contribution is 2.19. The van der Waals surface area contributed by atoms with Gasteiger partial charge in [0, 0.05) is 25.7 Å². The first-order valence-corrected chi connectivity index (χ1v) is 30.1. The van der Waals surface area contributed by atoms with E-state index in [2.05, 4.69) is 27.7 Å². The Kier molecular flexibility index (Phi) is 52.2. The topological polar surface area (TPSA) is 125 Å². The van der Waals surface area contributed by atoms with Crippen molar-refractivity contribution in [2.24, 2.45) is 0 Å². The Balaban J connectivity index is 5.41. The minimum atomic E-state index is -1.23. The number of carbonyl (C=O) groups excluding carboxylic acids is 4. The quantitative estimate of drug-likeness (QED) is 0.0360. The van der Waals surface area contributed by atoms with Crippen molar-refractivity contribution in [1.29, 1.82) is 0 Å². The van der Waals surface area contributed by atoms with Crippen LogP contribution < -0.4 is 0 Å². The Bertz CT molecular complexity index is 1130. The molecule has 3 atom stereocenters. The van der Waals surface area contributed by atoms with Gasteiger partial charge in [-0.2, -0.15) is 0 Å². The normalized spacial score (nSPS) is 12.8. The third-order valence-corrected chi connectivity index (χ3v) is 13.8. The van der Waals surface area contributed by atoms with Gasteiger partial charge < -0.3 is 24.1 Å². The molecule has 0 aliphatic heterocycles. The van der Waals surface area contributed by atoms with Crippen molar-refractivity contribution >= 4 is 23.7 Å². The molecule has 408 valence electrons. The largest absolute Gasteiger partial charge is 0.462 e. The number of aliphatic hydroxyl groups excluding tert-OH is 1. The summed E-state index contributed by atoms with van der Waals surface area (Å²) in [5.41, 5.74) is 0. The van der Waals surface area contributed by atoms with E-state index in [-0.39, 0.29) is 44.2 Å². The third kappa shape index (κ3) is 46.8. The molecular weight excluding hydrogens is 865 g/mol. The molecule has 3 unspecified atom stereocenters. The van der Waals surface area contributed by atoms with Crippen LogP contribution in [-0.2, 0) is 38.1 Å². The fraction of sp³-hybridized carbons (Fsp3) is 0.933. The summed E-state index contributed by atoms with van der Waals surface area (Å²) in [4.78, 5) is 53.1. The molecule has 0 spiro atoms. The van der Waals surface area contributed by atoms with E-state index in [1.807, 2.05) is 0 Å². The molecule has 0 aromatic heterocycles. The number of esters is 3. The van der Waals surface area contributed by atoms with Crippen molar-refractivity contribution in [3.8, 4) is 0 Å². The van der Waals surface area contributed by atoms with Crippen LogP contribution in [0.1, 0.15) is 323 Å². The zero-order valence-corrected chi connectivity index (χ0v) is 46.1. The summed E-state index contributed by atoms with van der Waals surface area (Å²) in [6.07, 6.45) is 46.5. The number of Topliss-reactive ketones (excluding diaryl/α,β-unsaturated/α-hetero) is 1. The Morgan fingerprint density at radius 2 is 0.609 bits per heavy atom. The molecule has 0 amide bonds. The van der Waals surface area contributed by atoms with E-state index < -0.39 is 36.9 Å². The minimum absolute atomic E-state index is 0.192. The maximum absolute atomic E-state index is 13.9. The molecular formula is C60H114O9. The average molecular weight is 980 g/mol. The maximum atomic E-state index is 13.9. The Morgan fingerprint density at radius 1 is 0.333 bits per heavy atom. The lowest BCUT2D eigenvalue weighted by molar-refractivity contribution is -0.175. The second kappa shape index (κ2) is 53.8. The molecule has 0 saturated carbocycles. The van der Waals surface area contributed by atoms with E-state index in [4.69, 9.17) is 18.9 Å². The number of hydrogen-bond acceptors (Lipinski definition) is 9. The predicted octanol–water partition coefficient (Wildman–Crippen LogP) is 17.3.